The molecule has 98 valence electrons. The number of aryl methyl sites for hydroxylation is 2. The molecule has 0 aromatic carbocycles. The summed E-state index contributed by atoms with van der Waals surface area (Å²) in [6.07, 6.45) is 0.814. The average molecular weight is 277 g/mol. The summed E-state index contributed by atoms with van der Waals surface area (Å²) in [6, 6.07) is 0.225. The third-order valence-corrected chi connectivity index (χ3v) is 4.32. The molecule has 1 aromatic rings. The highest BCUT2D eigenvalue weighted by molar-refractivity contribution is 7.99. The van der Waals surface area contributed by atoms with Gasteiger partial charge in [-0.1, -0.05) is 25.4 Å². The van der Waals surface area contributed by atoms with Crippen LogP contribution in [0, 0.1) is 6.92 Å². The van der Waals surface area contributed by atoms with Gasteiger partial charge in [-0.3, -0.25) is 16.0 Å². The van der Waals surface area contributed by atoms with Gasteiger partial charge in [0.2, 0.25) is 0 Å². The van der Waals surface area contributed by atoms with Gasteiger partial charge in [0.25, 0.3) is 0 Å². The van der Waals surface area contributed by atoms with Crippen LogP contribution in [0.15, 0.2) is 0 Å². The number of rotatable bonds is 6. The Bertz CT molecular complexity index is 365. The number of aromatic nitrogens is 2. The molecule has 0 aliphatic carbocycles. The van der Waals surface area contributed by atoms with Crippen LogP contribution in [-0.2, 0) is 13.5 Å². The van der Waals surface area contributed by atoms with Crippen LogP contribution in [0.4, 0.5) is 0 Å². The molecular weight excluding hydrogens is 256 g/mol. The second kappa shape index (κ2) is 6.64. The standard InChI is InChI=1S/C11H21ClN4S/c1-7(2)17-6-9(14-13)5-10-8(3)15-16(4)11(10)12/h7,9,14H,5-6,13H2,1-4H3. The highest BCUT2D eigenvalue weighted by Gasteiger charge is 2.16. The van der Waals surface area contributed by atoms with Gasteiger partial charge in [-0.15, -0.1) is 0 Å². The lowest BCUT2D eigenvalue weighted by molar-refractivity contribution is 0.574. The highest BCUT2D eigenvalue weighted by Crippen LogP contribution is 2.21. The summed E-state index contributed by atoms with van der Waals surface area (Å²) >= 11 is 8.09. The van der Waals surface area contributed by atoms with E-state index in [1.807, 2.05) is 25.7 Å². The molecule has 1 aromatic heterocycles. The van der Waals surface area contributed by atoms with Crippen molar-refractivity contribution in [1.29, 1.82) is 0 Å². The number of hydrogen-bond acceptors (Lipinski definition) is 4. The fraction of sp³-hybridized carbons (Fsp3) is 0.727. The molecule has 0 radical (unpaired) electrons. The van der Waals surface area contributed by atoms with Gasteiger partial charge >= 0.3 is 0 Å². The van der Waals surface area contributed by atoms with Crippen molar-refractivity contribution in [3.63, 3.8) is 0 Å². The Labute approximate surface area is 112 Å². The van der Waals surface area contributed by atoms with Crippen LogP contribution in [0.25, 0.3) is 0 Å². The Morgan fingerprint density at radius 1 is 1.53 bits per heavy atom. The predicted octanol–water partition coefficient (Wildman–Crippen LogP) is 1.90. The maximum absolute atomic E-state index is 6.20. The topological polar surface area (TPSA) is 55.9 Å². The lowest BCUT2D eigenvalue weighted by Crippen LogP contribution is -2.39. The SMILES string of the molecule is Cc1nn(C)c(Cl)c1CC(CSC(C)C)NN. The number of nitrogens with one attached hydrogen (secondary N) is 1. The molecule has 0 aliphatic rings. The van der Waals surface area contributed by atoms with Crippen LogP contribution < -0.4 is 11.3 Å². The van der Waals surface area contributed by atoms with Gasteiger partial charge in [-0.25, -0.2) is 0 Å². The van der Waals surface area contributed by atoms with Gasteiger partial charge in [0.15, 0.2) is 0 Å². The van der Waals surface area contributed by atoms with Crippen molar-refractivity contribution in [2.45, 2.75) is 38.5 Å². The monoisotopic (exact) mass is 276 g/mol. The van der Waals surface area contributed by atoms with Crippen LogP contribution in [0.3, 0.4) is 0 Å². The second-order valence-electron chi connectivity index (χ2n) is 4.43. The van der Waals surface area contributed by atoms with E-state index in [0.29, 0.717) is 10.4 Å². The molecule has 0 saturated heterocycles. The zero-order valence-electron chi connectivity index (χ0n) is 10.8. The number of nitrogens with zero attached hydrogens (tertiary/aromatic N) is 2. The first-order valence-corrected chi connectivity index (χ1v) is 7.14. The molecule has 0 aliphatic heterocycles. The molecule has 0 saturated carbocycles. The first-order chi connectivity index (χ1) is 7.95. The quantitative estimate of drug-likeness (QED) is 0.616. The minimum atomic E-state index is 0.225. The number of thioether (sulfide) groups is 1. The Morgan fingerprint density at radius 3 is 2.59 bits per heavy atom. The maximum atomic E-state index is 6.20. The van der Waals surface area contributed by atoms with Crippen molar-refractivity contribution in [2.75, 3.05) is 5.75 Å². The largest absolute Gasteiger partial charge is 0.271 e. The summed E-state index contributed by atoms with van der Waals surface area (Å²) in [5.74, 6) is 6.55. The smallest absolute Gasteiger partial charge is 0.130 e. The molecule has 1 unspecified atom stereocenters. The first kappa shape index (κ1) is 14.8. The Hall–Kier alpha value is -0.230. The molecule has 0 amide bonds. The van der Waals surface area contributed by atoms with Crippen molar-refractivity contribution in [3.05, 3.63) is 16.4 Å². The normalized spacial score (nSPS) is 13.4. The van der Waals surface area contributed by atoms with Crippen LogP contribution in [-0.4, -0.2) is 26.8 Å². The van der Waals surface area contributed by atoms with E-state index in [-0.39, 0.29) is 6.04 Å². The van der Waals surface area contributed by atoms with Crippen molar-refractivity contribution in [3.8, 4) is 0 Å². The lowest BCUT2D eigenvalue weighted by atomic mass is 10.1. The minimum Gasteiger partial charge on any atom is -0.271 e. The van der Waals surface area contributed by atoms with E-state index in [1.165, 1.54) is 0 Å². The molecule has 6 heteroatoms. The predicted molar refractivity (Wildman–Crippen MR) is 75.4 cm³/mol. The molecule has 17 heavy (non-hydrogen) atoms. The van der Waals surface area contributed by atoms with Crippen molar-refractivity contribution in [1.82, 2.24) is 15.2 Å². The van der Waals surface area contributed by atoms with Gasteiger partial charge in [-0.05, 0) is 18.6 Å². The van der Waals surface area contributed by atoms with Crippen LogP contribution in [0.5, 0.6) is 0 Å². The molecule has 4 nitrogen and oxygen atoms in total. The molecular formula is C11H21ClN4S. The van der Waals surface area contributed by atoms with Crippen LogP contribution in [0.1, 0.15) is 25.1 Å². The summed E-state index contributed by atoms with van der Waals surface area (Å²) < 4.78 is 1.70. The fourth-order valence-corrected chi connectivity index (χ4v) is 2.71. The first-order valence-electron chi connectivity index (χ1n) is 5.71. The Morgan fingerprint density at radius 2 is 2.18 bits per heavy atom. The van der Waals surface area contributed by atoms with E-state index >= 15 is 0 Å². The minimum absolute atomic E-state index is 0.225. The summed E-state index contributed by atoms with van der Waals surface area (Å²) in [5, 5.41) is 5.62. The number of hydrazine groups is 1. The molecule has 0 bridgehead atoms. The number of hydrogen-bond donors (Lipinski definition) is 2. The van der Waals surface area contributed by atoms with E-state index < -0.39 is 0 Å². The Balaban J connectivity index is 2.67. The van der Waals surface area contributed by atoms with Crippen molar-refractivity contribution in [2.24, 2.45) is 12.9 Å². The molecule has 0 spiro atoms. The van der Waals surface area contributed by atoms with E-state index in [2.05, 4.69) is 24.4 Å². The summed E-state index contributed by atoms with van der Waals surface area (Å²) in [4.78, 5) is 0. The summed E-state index contributed by atoms with van der Waals surface area (Å²) in [5.41, 5.74) is 4.92. The third kappa shape index (κ3) is 4.17. The van der Waals surface area contributed by atoms with Gasteiger partial charge < -0.3 is 0 Å². The zero-order chi connectivity index (χ0) is 13.0. The fourth-order valence-electron chi connectivity index (χ4n) is 1.63. The van der Waals surface area contributed by atoms with Gasteiger partial charge in [0, 0.05) is 24.4 Å². The van der Waals surface area contributed by atoms with Crippen molar-refractivity contribution < 1.29 is 0 Å². The van der Waals surface area contributed by atoms with Gasteiger partial charge in [0.05, 0.1) is 5.69 Å². The Kier molecular flexibility index (Phi) is 5.79. The average Bonchev–Trinajstić information content (AvgIpc) is 2.49. The highest BCUT2D eigenvalue weighted by atomic mass is 35.5. The molecule has 1 heterocycles. The van der Waals surface area contributed by atoms with E-state index in [0.717, 1.165) is 23.4 Å². The molecule has 1 rings (SSSR count). The van der Waals surface area contributed by atoms with E-state index in [4.69, 9.17) is 17.4 Å². The van der Waals surface area contributed by atoms with Gasteiger partial charge in [0.1, 0.15) is 5.15 Å². The number of halogens is 1. The van der Waals surface area contributed by atoms with Crippen LogP contribution in [0.2, 0.25) is 5.15 Å². The van der Waals surface area contributed by atoms with Gasteiger partial charge in [-0.2, -0.15) is 16.9 Å². The summed E-state index contributed by atoms with van der Waals surface area (Å²) in [7, 11) is 1.85. The molecule has 1 atom stereocenters. The van der Waals surface area contributed by atoms with E-state index in [9.17, 15) is 0 Å². The van der Waals surface area contributed by atoms with Crippen LogP contribution >= 0.6 is 23.4 Å². The van der Waals surface area contributed by atoms with E-state index in [1.54, 1.807) is 4.68 Å². The maximum Gasteiger partial charge on any atom is 0.130 e. The number of nitrogens with two attached hydrogens (primary N) is 1. The lowest BCUT2D eigenvalue weighted by Gasteiger charge is -2.16. The zero-order valence-corrected chi connectivity index (χ0v) is 12.4. The molecule has 0 fully saturated rings. The second-order valence-corrected chi connectivity index (χ2v) is 6.40. The molecule has 3 N–H and O–H groups in total. The van der Waals surface area contributed by atoms with Crippen molar-refractivity contribution >= 4 is 23.4 Å². The third-order valence-electron chi connectivity index (χ3n) is 2.59. The summed E-state index contributed by atoms with van der Waals surface area (Å²) in [6.45, 7) is 6.34.